The van der Waals surface area contributed by atoms with Crippen LogP contribution in [0.2, 0.25) is 0 Å². The highest BCUT2D eigenvalue weighted by Crippen LogP contribution is 2.22. The minimum atomic E-state index is 0.709. The molecule has 0 saturated carbocycles. The van der Waals surface area contributed by atoms with E-state index < -0.39 is 0 Å². The smallest absolute Gasteiger partial charge is 0.0374 e. The molecule has 0 amide bonds. The highest BCUT2D eigenvalue weighted by molar-refractivity contribution is 5.52. The van der Waals surface area contributed by atoms with Crippen LogP contribution in [0.25, 0.3) is 0 Å². The Labute approximate surface area is 97.8 Å². The summed E-state index contributed by atoms with van der Waals surface area (Å²) in [7, 11) is 0. The fraction of sp³-hybridized carbons (Fsp3) is 0.429. The summed E-state index contributed by atoms with van der Waals surface area (Å²) in [5, 5.41) is 0. The van der Waals surface area contributed by atoms with Crippen molar-refractivity contribution in [1.29, 1.82) is 0 Å². The first-order chi connectivity index (χ1) is 7.69. The Morgan fingerprint density at radius 2 is 1.88 bits per heavy atom. The van der Waals surface area contributed by atoms with Gasteiger partial charge in [-0.05, 0) is 43.5 Å². The predicted molar refractivity (Wildman–Crippen MR) is 69.9 cm³/mol. The molecule has 2 heteroatoms. The first-order valence-corrected chi connectivity index (χ1v) is 5.90. The van der Waals surface area contributed by atoms with E-state index in [-0.39, 0.29) is 0 Å². The molecule has 2 rings (SSSR count). The maximum atomic E-state index is 5.65. The number of anilines is 1. The van der Waals surface area contributed by atoms with Crippen molar-refractivity contribution in [2.45, 2.75) is 20.3 Å². The molecule has 0 unspecified atom stereocenters. The Kier molecular flexibility index (Phi) is 3.30. The van der Waals surface area contributed by atoms with Crippen molar-refractivity contribution in [3.63, 3.8) is 0 Å². The molecule has 1 aromatic rings. The van der Waals surface area contributed by atoms with E-state index in [1.807, 2.05) is 0 Å². The molecule has 86 valence electrons. The van der Waals surface area contributed by atoms with Crippen molar-refractivity contribution in [3.8, 4) is 0 Å². The Bertz CT molecular complexity index is 387. The number of hydrogen-bond acceptors (Lipinski definition) is 2. The van der Waals surface area contributed by atoms with Gasteiger partial charge in [0.15, 0.2) is 0 Å². The highest BCUT2D eigenvalue weighted by Gasteiger charge is 2.11. The lowest BCUT2D eigenvalue weighted by molar-refractivity contribution is 0.772. The van der Waals surface area contributed by atoms with Crippen LogP contribution in [0.3, 0.4) is 0 Å². The van der Waals surface area contributed by atoms with Gasteiger partial charge in [0.25, 0.3) is 0 Å². The molecule has 0 aromatic heterocycles. The molecule has 1 aliphatic heterocycles. The SMILES string of the molecule is Cc1cc(C)cc(N2CC=C(CN)CC2)c1. The summed E-state index contributed by atoms with van der Waals surface area (Å²) in [6.07, 6.45) is 3.37. The second-order valence-corrected chi connectivity index (χ2v) is 4.61. The van der Waals surface area contributed by atoms with Gasteiger partial charge < -0.3 is 10.6 Å². The molecule has 0 spiro atoms. The monoisotopic (exact) mass is 216 g/mol. The largest absolute Gasteiger partial charge is 0.367 e. The molecule has 0 radical (unpaired) electrons. The lowest BCUT2D eigenvalue weighted by Gasteiger charge is -2.28. The normalized spacial score (nSPS) is 16.2. The van der Waals surface area contributed by atoms with Crippen LogP contribution >= 0.6 is 0 Å². The van der Waals surface area contributed by atoms with E-state index >= 15 is 0 Å². The Balaban J connectivity index is 2.17. The zero-order valence-corrected chi connectivity index (χ0v) is 10.2. The van der Waals surface area contributed by atoms with Crippen LogP contribution in [0, 0.1) is 13.8 Å². The van der Waals surface area contributed by atoms with Crippen LogP contribution in [-0.2, 0) is 0 Å². The summed E-state index contributed by atoms with van der Waals surface area (Å²) < 4.78 is 0. The molecular formula is C14H20N2. The van der Waals surface area contributed by atoms with Crippen LogP contribution in [-0.4, -0.2) is 19.6 Å². The molecule has 0 aliphatic carbocycles. The molecule has 1 aromatic carbocycles. The molecular weight excluding hydrogens is 196 g/mol. The third-order valence-electron chi connectivity index (χ3n) is 3.14. The lowest BCUT2D eigenvalue weighted by atomic mass is 10.1. The summed E-state index contributed by atoms with van der Waals surface area (Å²) in [4.78, 5) is 2.42. The van der Waals surface area contributed by atoms with Gasteiger partial charge in [0.05, 0.1) is 0 Å². The third-order valence-corrected chi connectivity index (χ3v) is 3.14. The van der Waals surface area contributed by atoms with Crippen LogP contribution in [0.15, 0.2) is 29.8 Å². The maximum Gasteiger partial charge on any atom is 0.0374 e. The molecule has 1 heterocycles. The quantitative estimate of drug-likeness (QED) is 0.769. The van der Waals surface area contributed by atoms with Crippen LogP contribution < -0.4 is 10.6 Å². The van der Waals surface area contributed by atoms with Crippen molar-refractivity contribution in [2.24, 2.45) is 5.73 Å². The van der Waals surface area contributed by atoms with Gasteiger partial charge in [-0.1, -0.05) is 17.7 Å². The van der Waals surface area contributed by atoms with Crippen molar-refractivity contribution in [1.82, 2.24) is 0 Å². The van der Waals surface area contributed by atoms with Gasteiger partial charge in [-0.25, -0.2) is 0 Å². The number of nitrogens with two attached hydrogens (primary N) is 1. The molecule has 2 nitrogen and oxygen atoms in total. The van der Waals surface area contributed by atoms with Crippen LogP contribution in [0.5, 0.6) is 0 Å². The van der Waals surface area contributed by atoms with Gasteiger partial charge in [0.1, 0.15) is 0 Å². The first kappa shape index (κ1) is 11.2. The summed E-state index contributed by atoms with van der Waals surface area (Å²) in [5.41, 5.74) is 11.0. The molecule has 16 heavy (non-hydrogen) atoms. The summed E-state index contributed by atoms with van der Waals surface area (Å²) in [6, 6.07) is 6.73. The summed E-state index contributed by atoms with van der Waals surface area (Å²) in [6.45, 7) is 7.10. The van der Waals surface area contributed by atoms with Crippen molar-refractivity contribution < 1.29 is 0 Å². The average molecular weight is 216 g/mol. The highest BCUT2D eigenvalue weighted by atomic mass is 15.1. The molecule has 0 bridgehead atoms. The second kappa shape index (κ2) is 4.71. The van der Waals surface area contributed by atoms with Gasteiger partial charge in [0.2, 0.25) is 0 Å². The fourth-order valence-corrected chi connectivity index (χ4v) is 2.26. The standard InChI is InChI=1S/C14H20N2/c1-11-7-12(2)9-14(8-11)16-5-3-13(10-15)4-6-16/h3,7-9H,4-6,10,15H2,1-2H3. The predicted octanol–water partition coefficient (Wildman–Crippen LogP) is 2.40. The van der Waals surface area contributed by atoms with Crippen molar-refractivity contribution in [3.05, 3.63) is 41.0 Å². The minimum absolute atomic E-state index is 0.709. The Hall–Kier alpha value is -1.28. The minimum Gasteiger partial charge on any atom is -0.367 e. The van der Waals surface area contributed by atoms with E-state index in [9.17, 15) is 0 Å². The molecule has 0 fully saturated rings. The van der Waals surface area contributed by atoms with Gasteiger partial charge in [-0.15, -0.1) is 0 Å². The topological polar surface area (TPSA) is 29.3 Å². The van der Waals surface area contributed by atoms with E-state index in [0.29, 0.717) is 6.54 Å². The maximum absolute atomic E-state index is 5.65. The summed E-state index contributed by atoms with van der Waals surface area (Å²) in [5.74, 6) is 0. The zero-order chi connectivity index (χ0) is 11.5. The van der Waals surface area contributed by atoms with Crippen molar-refractivity contribution in [2.75, 3.05) is 24.5 Å². The molecule has 0 atom stereocenters. The van der Waals surface area contributed by atoms with Crippen LogP contribution in [0.4, 0.5) is 5.69 Å². The van der Waals surface area contributed by atoms with E-state index in [1.165, 1.54) is 22.4 Å². The number of hydrogen-bond donors (Lipinski definition) is 1. The van der Waals surface area contributed by atoms with Gasteiger partial charge >= 0.3 is 0 Å². The van der Waals surface area contributed by atoms with Gasteiger partial charge in [0, 0.05) is 25.3 Å². The molecule has 0 saturated heterocycles. The third kappa shape index (κ3) is 2.45. The Morgan fingerprint density at radius 1 is 1.19 bits per heavy atom. The van der Waals surface area contributed by atoms with Gasteiger partial charge in [-0.2, -0.15) is 0 Å². The zero-order valence-electron chi connectivity index (χ0n) is 10.2. The second-order valence-electron chi connectivity index (χ2n) is 4.61. The van der Waals surface area contributed by atoms with Crippen LogP contribution in [0.1, 0.15) is 17.5 Å². The molecule has 1 aliphatic rings. The number of rotatable bonds is 2. The Morgan fingerprint density at radius 3 is 2.38 bits per heavy atom. The average Bonchev–Trinajstić information content (AvgIpc) is 2.28. The summed E-state index contributed by atoms with van der Waals surface area (Å²) >= 11 is 0. The first-order valence-electron chi connectivity index (χ1n) is 5.90. The van der Waals surface area contributed by atoms with Crippen molar-refractivity contribution >= 4 is 5.69 Å². The van der Waals surface area contributed by atoms with E-state index in [2.05, 4.69) is 43.0 Å². The van der Waals surface area contributed by atoms with E-state index in [0.717, 1.165) is 19.5 Å². The molecule has 2 N–H and O–H groups in total. The lowest BCUT2D eigenvalue weighted by Crippen LogP contribution is -2.30. The van der Waals surface area contributed by atoms with E-state index in [4.69, 9.17) is 5.73 Å². The number of benzene rings is 1. The number of aryl methyl sites for hydroxylation is 2. The fourth-order valence-electron chi connectivity index (χ4n) is 2.26. The van der Waals surface area contributed by atoms with E-state index in [1.54, 1.807) is 0 Å². The number of nitrogens with zero attached hydrogens (tertiary/aromatic N) is 1. The van der Waals surface area contributed by atoms with Gasteiger partial charge in [-0.3, -0.25) is 0 Å².